The summed E-state index contributed by atoms with van der Waals surface area (Å²) in [6.07, 6.45) is 0. The molecule has 4 nitrogen and oxygen atoms in total. The number of hydrogen-bond acceptors (Lipinski definition) is 5. The van der Waals surface area contributed by atoms with Gasteiger partial charge in [0.05, 0.1) is 23.4 Å². The van der Waals surface area contributed by atoms with Crippen LogP contribution in [0.5, 0.6) is 0 Å². The van der Waals surface area contributed by atoms with Crippen LogP contribution in [0.2, 0.25) is 0 Å². The maximum atomic E-state index is 12.4. The molecule has 0 aliphatic rings. The zero-order chi connectivity index (χ0) is 23.0. The summed E-state index contributed by atoms with van der Waals surface area (Å²) in [6.45, 7) is 2.11. The quantitative estimate of drug-likeness (QED) is 0.230. The van der Waals surface area contributed by atoms with Crippen molar-refractivity contribution in [1.82, 2.24) is 4.98 Å². The Labute approximate surface area is 197 Å². The molecule has 0 aliphatic carbocycles. The highest BCUT2D eigenvalue weighted by atomic mass is 32.2. The van der Waals surface area contributed by atoms with Crippen LogP contribution in [0.3, 0.4) is 0 Å². The summed E-state index contributed by atoms with van der Waals surface area (Å²) in [5, 5.41) is 10.7. The van der Waals surface area contributed by atoms with Gasteiger partial charge in [0.2, 0.25) is 0 Å². The van der Waals surface area contributed by atoms with Crippen molar-refractivity contribution in [3.63, 3.8) is 0 Å². The Morgan fingerprint density at radius 1 is 0.939 bits per heavy atom. The molecule has 0 N–H and O–H groups in total. The van der Waals surface area contributed by atoms with Gasteiger partial charge in [-0.2, -0.15) is 5.26 Å². The van der Waals surface area contributed by atoms with Crippen LogP contribution in [0.15, 0.2) is 96.0 Å². The van der Waals surface area contributed by atoms with Gasteiger partial charge in [-0.1, -0.05) is 78.9 Å². The molecule has 0 saturated heterocycles. The first-order valence-electron chi connectivity index (χ1n) is 10.6. The Morgan fingerprint density at radius 3 is 2.24 bits per heavy atom. The third-order valence-electron chi connectivity index (χ3n) is 5.13. The first-order chi connectivity index (χ1) is 16.2. The second-order valence-electron chi connectivity index (χ2n) is 7.25. The van der Waals surface area contributed by atoms with Gasteiger partial charge in [0.1, 0.15) is 11.1 Å². The third kappa shape index (κ3) is 5.14. The van der Waals surface area contributed by atoms with Crippen molar-refractivity contribution in [3.05, 3.63) is 108 Å². The van der Waals surface area contributed by atoms with Gasteiger partial charge >= 0.3 is 5.97 Å². The molecule has 0 spiro atoms. The lowest BCUT2D eigenvalue weighted by atomic mass is 9.99. The minimum atomic E-state index is -0.342. The fourth-order valence-corrected chi connectivity index (χ4v) is 4.54. The van der Waals surface area contributed by atoms with Gasteiger partial charge in [0.25, 0.3) is 0 Å². The molecule has 4 aromatic rings. The largest absolute Gasteiger partial charge is 0.462 e. The first-order valence-corrected chi connectivity index (χ1v) is 11.6. The second kappa shape index (κ2) is 10.6. The van der Waals surface area contributed by atoms with Crippen molar-refractivity contribution < 1.29 is 9.53 Å². The molecule has 162 valence electrons. The molecule has 0 aliphatic heterocycles. The summed E-state index contributed by atoms with van der Waals surface area (Å²) in [6, 6.07) is 31.5. The molecule has 0 fully saturated rings. The summed E-state index contributed by atoms with van der Waals surface area (Å²) in [7, 11) is 0. The predicted octanol–water partition coefficient (Wildman–Crippen LogP) is 6.76. The second-order valence-corrected chi connectivity index (χ2v) is 8.21. The number of rotatable bonds is 7. The molecular formula is C28H22N2O2S. The number of thioether (sulfide) groups is 1. The predicted molar refractivity (Wildman–Crippen MR) is 132 cm³/mol. The Hall–Kier alpha value is -3.88. The van der Waals surface area contributed by atoms with Crippen LogP contribution in [0.4, 0.5) is 0 Å². The van der Waals surface area contributed by atoms with E-state index in [1.165, 1.54) is 11.8 Å². The number of nitriles is 1. The molecule has 4 rings (SSSR count). The Balaban J connectivity index is 1.77. The molecular weight excluding hydrogens is 428 g/mol. The number of aromatic nitrogens is 1. The van der Waals surface area contributed by atoms with Crippen molar-refractivity contribution >= 4 is 17.7 Å². The zero-order valence-corrected chi connectivity index (χ0v) is 19.0. The Kier molecular flexibility index (Phi) is 7.19. The molecule has 5 heteroatoms. The minimum Gasteiger partial charge on any atom is -0.462 e. The number of esters is 1. The Bertz CT molecular complexity index is 1300. The van der Waals surface area contributed by atoms with E-state index >= 15 is 0 Å². The summed E-state index contributed by atoms with van der Waals surface area (Å²) >= 11 is 1.45. The highest BCUT2D eigenvalue weighted by Gasteiger charge is 2.18. The standard InChI is InChI=1S/C28H22N2O2S/c1-2-32-28(31)23-16-10-9-15-22(23)19-33-27-25(18-29)24(20-11-5-3-6-12-20)17-26(30-27)21-13-7-4-8-14-21/h3-17H,2,19H2,1H3. The van der Waals surface area contributed by atoms with Gasteiger partial charge in [0.15, 0.2) is 0 Å². The lowest BCUT2D eigenvalue weighted by molar-refractivity contribution is 0.0525. The van der Waals surface area contributed by atoms with Gasteiger partial charge in [-0.25, -0.2) is 9.78 Å². The molecule has 0 amide bonds. The molecule has 0 atom stereocenters. The molecule has 1 aromatic heterocycles. The van der Waals surface area contributed by atoms with E-state index in [9.17, 15) is 10.1 Å². The number of carbonyl (C=O) groups is 1. The molecule has 0 radical (unpaired) electrons. The lowest BCUT2D eigenvalue weighted by Crippen LogP contribution is -2.07. The van der Waals surface area contributed by atoms with Gasteiger partial charge in [0, 0.05) is 16.9 Å². The highest BCUT2D eigenvalue weighted by molar-refractivity contribution is 7.98. The van der Waals surface area contributed by atoms with Gasteiger partial charge < -0.3 is 4.74 Å². The number of nitrogens with zero attached hydrogens (tertiary/aromatic N) is 2. The summed E-state index contributed by atoms with van der Waals surface area (Å²) < 4.78 is 5.20. The molecule has 0 saturated carbocycles. The van der Waals surface area contributed by atoms with Crippen LogP contribution in [0.25, 0.3) is 22.4 Å². The normalized spacial score (nSPS) is 10.4. The van der Waals surface area contributed by atoms with Gasteiger partial charge in [-0.3, -0.25) is 0 Å². The van der Waals surface area contributed by atoms with Gasteiger partial charge in [-0.05, 0) is 30.2 Å². The van der Waals surface area contributed by atoms with E-state index in [0.29, 0.717) is 28.5 Å². The number of benzene rings is 3. The van der Waals surface area contributed by atoms with Crippen LogP contribution < -0.4 is 0 Å². The number of hydrogen-bond donors (Lipinski definition) is 0. The van der Waals surface area contributed by atoms with Crippen LogP contribution in [0.1, 0.15) is 28.4 Å². The SMILES string of the molecule is CCOC(=O)c1ccccc1CSc1nc(-c2ccccc2)cc(-c2ccccc2)c1C#N. The number of carbonyl (C=O) groups excluding carboxylic acids is 1. The van der Waals surface area contributed by atoms with E-state index in [2.05, 4.69) is 6.07 Å². The van der Waals surface area contributed by atoms with Crippen molar-refractivity contribution in [3.8, 4) is 28.5 Å². The van der Waals surface area contributed by atoms with Crippen LogP contribution in [0, 0.1) is 11.3 Å². The van der Waals surface area contributed by atoms with Gasteiger partial charge in [-0.15, -0.1) is 11.8 Å². The van der Waals surface area contributed by atoms with E-state index in [0.717, 1.165) is 27.9 Å². The fourth-order valence-electron chi connectivity index (χ4n) is 3.54. The minimum absolute atomic E-state index is 0.319. The fraction of sp³-hybridized carbons (Fsp3) is 0.107. The molecule has 1 heterocycles. The van der Waals surface area contributed by atoms with E-state index in [-0.39, 0.29) is 5.97 Å². The van der Waals surface area contributed by atoms with Crippen molar-refractivity contribution in [1.29, 1.82) is 5.26 Å². The van der Waals surface area contributed by atoms with Crippen molar-refractivity contribution in [2.75, 3.05) is 6.61 Å². The molecule has 0 unspecified atom stereocenters. The van der Waals surface area contributed by atoms with Crippen LogP contribution in [-0.2, 0) is 10.5 Å². The molecule has 3 aromatic carbocycles. The maximum Gasteiger partial charge on any atom is 0.338 e. The average molecular weight is 451 g/mol. The zero-order valence-electron chi connectivity index (χ0n) is 18.2. The average Bonchev–Trinajstić information content (AvgIpc) is 2.88. The van der Waals surface area contributed by atoms with E-state index in [1.807, 2.05) is 84.9 Å². The van der Waals surface area contributed by atoms with Crippen molar-refractivity contribution in [2.45, 2.75) is 17.7 Å². The maximum absolute atomic E-state index is 12.4. The number of ether oxygens (including phenoxy) is 1. The van der Waals surface area contributed by atoms with E-state index in [1.54, 1.807) is 13.0 Å². The third-order valence-corrected chi connectivity index (χ3v) is 6.15. The molecule has 0 bridgehead atoms. The van der Waals surface area contributed by atoms with Crippen molar-refractivity contribution in [2.24, 2.45) is 0 Å². The first kappa shape index (κ1) is 22.3. The van der Waals surface area contributed by atoms with E-state index < -0.39 is 0 Å². The van der Waals surface area contributed by atoms with E-state index in [4.69, 9.17) is 9.72 Å². The Morgan fingerprint density at radius 2 is 1.58 bits per heavy atom. The van der Waals surface area contributed by atoms with Crippen LogP contribution in [-0.4, -0.2) is 17.6 Å². The smallest absolute Gasteiger partial charge is 0.338 e. The monoisotopic (exact) mass is 450 g/mol. The topological polar surface area (TPSA) is 63.0 Å². The van der Waals surface area contributed by atoms with Crippen LogP contribution >= 0.6 is 11.8 Å². The molecule has 33 heavy (non-hydrogen) atoms. The lowest BCUT2D eigenvalue weighted by Gasteiger charge is -2.13. The summed E-state index contributed by atoms with van der Waals surface area (Å²) in [5.74, 6) is 0.147. The summed E-state index contributed by atoms with van der Waals surface area (Å²) in [4.78, 5) is 17.2. The number of pyridine rings is 1. The highest BCUT2D eigenvalue weighted by Crippen LogP contribution is 2.35. The summed E-state index contributed by atoms with van der Waals surface area (Å²) in [5.41, 5.74) is 5.49.